The minimum absolute atomic E-state index is 0. The molecule has 6 heavy (non-hydrogen) atoms. The Morgan fingerprint density at radius 1 is 1.17 bits per heavy atom. The van der Waals surface area contributed by atoms with Gasteiger partial charge < -0.3 is 0 Å². The second-order valence-corrected chi connectivity index (χ2v) is 2.60. The molecule has 3 nitrogen and oxygen atoms in total. The molecule has 0 unspecified atom stereocenters. The summed E-state index contributed by atoms with van der Waals surface area (Å²) in [6.45, 7) is 0.965. The van der Waals surface area contributed by atoms with Crippen molar-refractivity contribution in [3.63, 3.8) is 0 Å². The van der Waals surface area contributed by atoms with Gasteiger partial charge in [0.1, 0.15) is 6.66 Å². The molecule has 0 bridgehead atoms. The van der Waals surface area contributed by atoms with Gasteiger partial charge in [-0.3, -0.25) is 0 Å². The molecular weight excluding hydrogens is 155 g/mol. The summed E-state index contributed by atoms with van der Waals surface area (Å²) in [4.78, 5) is 23.2. The summed E-state index contributed by atoms with van der Waals surface area (Å²) in [6.07, 6.45) is 0. The second kappa shape index (κ2) is 2.92. The Labute approximate surface area is 47.1 Å². The van der Waals surface area contributed by atoms with Gasteiger partial charge in [-0.2, -0.15) is 14.7 Å². The van der Waals surface area contributed by atoms with Crippen LogP contribution in [-0.2, 0) is 17.1 Å². The standard InChI is InChI=1S/CH6O3P.Cu/c1-5(2,3)4;/h2-4H,1H3;/q+1;. The molecule has 0 aromatic carbocycles. The van der Waals surface area contributed by atoms with Crippen LogP contribution in [0, 0.1) is 0 Å². The van der Waals surface area contributed by atoms with Gasteiger partial charge in [0.15, 0.2) is 0 Å². The molecule has 0 aliphatic heterocycles. The van der Waals surface area contributed by atoms with Crippen LogP contribution in [0.2, 0.25) is 0 Å². The van der Waals surface area contributed by atoms with Crippen molar-refractivity contribution in [3.8, 4) is 0 Å². The van der Waals surface area contributed by atoms with E-state index in [-0.39, 0.29) is 17.1 Å². The van der Waals surface area contributed by atoms with Crippen molar-refractivity contribution >= 4 is 7.94 Å². The van der Waals surface area contributed by atoms with E-state index in [9.17, 15) is 0 Å². The summed E-state index contributed by atoms with van der Waals surface area (Å²) >= 11 is 0. The third-order valence-electron chi connectivity index (χ3n) is 0. The molecule has 0 aliphatic rings. The Kier molecular flexibility index (Phi) is 4.83. The van der Waals surface area contributed by atoms with E-state index in [2.05, 4.69) is 0 Å². The normalized spacial score (nSPS) is 10.0. The van der Waals surface area contributed by atoms with Gasteiger partial charge in [-0.15, -0.1) is 0 Å². The fourth-order valence-electron chi connectivity index (χ4n) is 0. The average Bonchev–Trinajstić information content (AvgIpc) is 0.722. The number of hydrogen-bond donors (Lipinski definition) is 3. The van der Waals surface area contributed by atoms with Crippen LogP contribution in [-0.4, -0.2) is 21.3 Å². The molecule has 0 saturated carbocycles. The third-order valence-corrected chi connectivity index (χ3v) is 0. The maximum atomic E-state index is 7.74. The average molecular weight is 161 g/mol. The van der Waals surface area contributed by atoms with Crippen molar-refractivity contribution in [1.82, 2.24) is 0 Å². The first-order chi connectivity index (χ1) is 2.00. The largest absolute Gasteiger partial charge is 0.400 e. The Balaban J connectivity index is 0. The molecule has 0 aromatic rings. The molecular formula is CH6CuO3P+. The molecule has 3 N–H and O–H groups in total. The van der Waals surface area contributed by atoms with Crippen molar-refractivity contribution in [2.24, 2.45) is 0 Å². The Bertz CT molecular complexity index is 26.3. The first kappa shape index (κ1) is 9.95. The zero-order valence-corrected chi connectivity index (χ0v) is 4.93. The van der Waals surface area contributed by atoms with Crippen LogP contribution in [0.4, 0.5) is 0 Å². The van der Waals surface area contributed by atoms with Crippen molar-refractivity contribution in [2.75, 3.05) is 6.66 Å². The fraction of sp³-hybridized carbons (Fsp3) is 1.00. The van der Waals surface area contributed by atoms with Gasteiger partial charge in [-0.05, 0) is 0 Å². The minimum Gasteiger partial charge on any atom is -0.193 e. The molecule has 1 radical (unpaired) electrons. The predicted molar refractivity (Wildman–Crippen MR) is 19.5 cm³/mol. The molecule has 5 heteroatoms. The van der Waals surface area contributed by atoms with Gasteiger partial charge in [0.2, 0.25) is 0 Å². The van der Waals surface area contributed by atoms with E-state index in [1.807, 2.05) is 0 Å². The quantitative estimate of drug-likeness (QED) is 0.326. The molecule has 0 rings (SSSR count). The van der Waals surface area contributed by atoms with Gasteiger partial charge in [0, 0.05) is 17.1 Å². The van der Waals surface area contributed by atoms with Crippen molar-refractivity contribution in [2.45, 2.75) is 0 Å². The van der Waals surface area contributed by atoms with Crippen molar-refractivity contribution in [1.29, 1.82) is 0 Å². The van der Waals surface area contributed by atoms with E-state index in [1.54, 1.807) is 0 Å². The van der Waals surface area contributed by atoms with Gasteiger partial charge in [-0.25, -0.2) is 0 Å². The monoisotopic (exact) mass is 160 g/mol. The van der Waals surface area contributed by atoms with E-state index >= 15 is 0 Å². The molecule has 0 fully saturated rings. The molecule has 0 saturated heterocycles. The predicted octanol–water partition coefficient (Wildman–Crippen LogP) is -0.647. The number of hydrogen-bond acceptors (Lipinski definition) is 3. The van der Waals surface area contributed by atoms with E-state index in [0.29, 0.717) is 0 Å². The van der Waals surface area contributed by atoms with Gasteiger partial charge in [-0.1, -0.05) is 0 Å². The molecule has 0 atom stereocenters. The summed E-state index contributed by atoms with van der Waals surface area (Å²) < 4.78 is 0. The summed E-state index contributed by atoms with van der Waals surface area (Å²) in [5, 5.41) is 0. The Hall–Kier alpha value is 0.829. The molecule has 0 aromatic heterocycles. The first-order valence-corrected chi connectivity index (χ1v) is 3.14. The summed E-state index contributed by atoms with van der Waals surface area (Å²) in [5.41, 5.74) is 0. The number of rotatable bonds is 0. The third kappa shape index (κ3) is 103. The van der Waals surface area contributed by atoms with Gasteiger partial charge >= 0.3 is 7.94 Å². The van der Waals surface area contributed by atoms with E-state index in [0.717, 1.165) is 6.66 Å². The summed E-state index contributed by atoms with van der Waals surface area (Å²) in [5.74, 6) is 0. The SMILES string of the molecule is C[P+](O)(O)O.[Cu]. The zero-order chi connectivity index (χ0) is 4.50. The van der Waals surface area contributed by atoms with Crippen LogP contribution >= 0.6 is 7.94 Å². The molecule has 43 valence electrons. The fourth-order valence-corrected chi connectivity index (χ4v) is 0. The van der Waals surface area contributed by atoms with Gasteiger partial charge in [0.05, 0.1) is 0 Å². The maximum absolute atomic E-state index is 7.74. The topological polar surface area (TPSA) is 60.7 Å². The van der Waals surface area contributed by atoms with Crippen molar-refractivity contribution in [3.05, 3.63) is 0 Å². The van der Waals surface area contributed by atoms with Crippen molar-refractivity contribution < 1.29 is 31.7 Å². The van der Waals surface area contributed by atoms with Crippen LogP contribution in [0.1, 0.15) is 0 Å². The minimum atomic E-state index is -3.39. The van der Waals surface area contributed by atoms with Crippen LogP contribution in [0.3, 0.4) is 0 Å². The summed E-state index contributed by atoms with van der Waals surface area (Å²) in [7, 11) is -3.39. The van der Waals surface area contributed by atoms with Gasteiger partial charge in [0.25, 0.3) is 0 Å². The van der Waals surface area contributed by atoms with Crippen LogP contribution in [0.5, 0.6) is 0 Å². The molecule has 0 aliphatic carbocycles. The molecule has 0 amide bonds. The molecule has 0 heterocycles. The smallest absolute Gasteiger partial charge is 0.193 e. The van der Waals surface area contributed by atoms with E-state index < -0.39 is 7.94 Å². The van der Waals surface area contributed by atoms with Crippen LogP contribution < -0.4 is 0 Å². The van der Waals surface area contributed by atoms with E-state index in [1.165, 1.54) is 0 Å². The van der Waals surface area contributed by atoms with E-state index in [4.69, 9.17) is 14.7 Å². The maximum Gasteiger partial charge on any atom is 0.400 e. The Morgan fingerprint density at radius 2 is 1.17 bits per heavy atom. The first-order valence-electron chi connectivity index (χ1n) is 1.05. The second-order valence-electron chi connectivity index (χ2n) is 0.868. The van der Waals surface area contributed by atoms with Crippen LogP contribution in [0.25, 0.3) is 0 Å². The van der Waals surface area contributed by atoms with Crippen LogP contribution in [0.15, 0.2) is 0 Å². The molecule has 0 spiro atoms. The Morgan fingerprint density at radius 3 is 1.17 bits per heavy atom. The zero-order valence-electron chi connectivity index (χ0n) is 3.09. The summed E-state index contributed by atoms with van der Waals surface area (Å²) in [6, 6.07) is 0.